The van der Waals surface area contributed by atoms with E-state index >= 15 is 0 Å². The average molecular weight is 261 g/mol. The van der Waals surface area contributed by atoms with Gasteiger partial charge in [0.25, 0.3) is 0 Å². The monoisotopic (exact) mass is 261 g/mol. The predicted octanol–water partition coefficient (Wildman–Crippen LogP) is 1.41. The summed E-state index contributed by atoms with van der Waals surface area (Å²) in [7, 11) is 1.61. The number of likely N-dealkylation sites (N-methyl/N-ethyl adjacent to an activating group) is 1. The van der Waals surface area contributed by atoms with E-state index in [0.29, 0.717) is 12.1 Å². The van der Waals surface area contributed by atoms with Gasteiger partial charge in [-0.25, -0.2) is 4.39 Å². The largest absolute Gasteiger partial charge is 0.358 e. The first kappa shape index (κ1) is 13.5. The zero-order valence-electron chi connectivity index (χ0n) is 10.8. The molecule has 1 atom stereocenters. The van der Waals surface area contributed by atoms with Crippen LogP contribution in [0.1, 0.15) is 24.0 Å². The Kier molecular flexibility index (Phi) is 4.13. The first-order valence-corrected chi connectivity index (χ1v) is 6.30. The Morgan fingerprint density at radius 3 is 3.11 bits per heavy atom. The molecule has 2 rings (SSSR count). The van der Waals surface area contributed by atoms with Crippen molar-refractivity contribution in [3.8, 4) is 6.07 Å². The molecule has 1 aliphatic heterocycles. The maximum atomic E-state index is 14.0. The number of nitrogens with zero attached hydrogens (tertiary/aromatic N) is 2. The van der Waals surface area contributed by atoms with E-state index in [1.165, 1.54) is 6.07 Å². The van der Waals surface area contributed by atoms with Crippen molar-refractivity contribution in [2.75, 3.05) is 13.6 Å². The molecule has 0 aromatic heterocycles. The van der Waals surface area contributed by atoms with Crippen molar-refractivity contribution in [3.05, 3.63) is 35.1 Å². The molecule has 0 spiro atoms. The van der Waals surface area contributed by atoms with E-state index in [0.717, 1.165) is 19.4 Å². The molecule has 1 unspecified atom stereocenters. The molecule has 1 aromatic rings. The van der Waals surface area contributed by atoms with Crippen LogP contribution in [0.4, 0.5) is 4.39 Å². The third-order valence-corrected chi connectivity index (χ3v) is 3.49. The second kappa shape index (κ2) is 5.81. The highest BCUT2D eigenvalue weighted by Crippen LogP contribution is 2.22. The molecule has 1 aliphatic rings. The van der Waals surface area contributed by atoms with Crippen molar-refractivity contribution in [2.24, 2.45) is 0 Å². The van der Waals surface area contributed by atoms with Gasteiger partial charge in [0.15, 0.2) is 0 Å². The number of rotatable bonds is 3. The topological polar surface area (TPSA) is 56.1 Å². The maximum Gasteiger partial charge on any atom is 0.237 e. The number of halogens is 1. The molecular formula is C14H16FN3O. The maximum absolute atomic E-state index is 14.0. The number of nitriles is 1. The molecule has 1 saturated heterocycles. The lowest BCUT2D eigenvalue weighted by molar-refractivity contribution is -0.125. The van der Waals surface area contributed by atoms with Gasteiger partial charge in [-0.2, -0.15) is 5.26 Å². The summed E-state index contributed by atoms with van der Waals surface area (Å²) >= 11 is 0. The van der Waals surface area contributed by atoms with E-state index in [1.54, 1.807) is 19.2 Å². The summed E-state index contributed by atoms with van der Waals surface area (Å²) in [6, 6.07) is 6.42. The zero-order chi connectivity index (χ0) is 13.8. The van der Waals surface area contributed by atoms with Gasteiger partial charge in [0.05, 0.1) is 11.6 Å². The first-order chi connectivity index (χ1) is 9.17. The Morgan fingerprint density at radius 1 is 1.63 bits per heavy atom. The third kappa shape index (κ3) is 2.74. The number of hydrogen-bond acceptors (Lipinski definition) is 3. The van der Waals surface area contributed by atoms with Crippen LogP contribution >= 0.6 is 0 Å². The molecule has 4 nitrogen and oxygen atoms in total. The van der Waals surface area contributed by atoms with Gasteiger partial charge in [-0.05, 0) is 25.5 Å². The molecule has 5 heteroatoms. The van der Waals surface area contributed by atoms with E-state index in [1.807, 2.05) is 11.0 Å². The summed E-state index contributed by atoms with van der Waals surface area (Å²) in [6.07, 6.45) is 1.72. The Balaban J connectivity index is 2.17. The highest BCUT2D eigenvalue weighted by atomic mass is 19.1. The van der Waals surface area contributed by atoms with Gasteiger partial charge in [0, 0.05) is 19.2 Å². The molecule has 0 saturated carbocycles. The summed E-state index contributed by atoms with van der Waals surface area (Å²) in [5, 5.41) is 11.4. The molecule has 1 heterocycles. The standard InChI is InChI=1S/C14H16FN3O/c1-17-14(19)12-6-3-7-18(12)9-11-5-2-4-10(8-16)13(11)15/h2,4-5,12H,3,6-7,9H2,1H3,(H,17,19). The molecule has 0 aliphatic carbocycles. The van der Waals surface area contributed by atoms with Gasteiger partial charge in [-0.15, -0.1) is 0 Å². The van der Waals surface area contributed by atoms with Crippen molar-refractivity contribution < 1.29 is 9.18 Å². The van der Waals surface area contributed by atoms with Crippen molar-refractivity contribution in [1.82, 2.24) is 10.2 Å². The Labute approximate surface area is 111 Å². The molecule has 0 radical (unpaired) electrons. The van der Waals surface area contributed by atoms with Crippen LogP contribution in [0, 0.1) is 17.1 Å². The molecule has 0 bridgehead atoms. The molecule has 1 aromatic carbocycles. The number of likely N-dealkylation sites (tertiary alicyclic amines) is 1. The minimum absolute atomic E-state index is 0.0330. The Morgan fingerprint density at radius 2 is 2.42 bits per heavy atom. The zero-order valence-corrected chi connectivity index (χ0v) is 10.8. The quantitative estimate of drug-likeness (QED) is 0.895. The molecule has 1 amide bonds. The van der Waals surface area contributed by atoms with Gasteiger partial charge < -0.3 is 5.32 Å². The van der Waals surface area contributed by atoms with Crippen molar-refractivity contribution in [3.63, 3.8) is 0 Å². The summed E-state index contributed by atoms with van der Waals surface area (Å²) < 4.78 is 14.0. The highest BCUT2D eigenvalue weighted by molar-refractivity contribution is 5.81. The van der Waals surface area contributed by atoms with E-state index in [-0.39, 0.29) is 17.5 Å². The number of benzene rings is 1. The van der Waals surface area contributed by atoms with Gasteiger partial charge in [0.1, 0.15) is 11.9 Å². The van der Waals surface area contributed by atoms with E-state index in [9.17, 15) is 9.18 Å². The van der Waals surface area contributed by atoms with Gasteiger partial charge in [-0.1, -0.05) is 12.1 Å². The normalized spacial score (nSPS) is 19.1. The van der Waals surface area contributed by atoms with Crippen molar-refractivity contribution in [1.29, 1.82) is 5.26 Å². The van der Waals surface area contributed by atoms with E-state index in [2.05, 4.69) is 5.32 Å². The molecule has 100 valence electrons. The first-order valence-electron chi connectivity index (χ1n) is 6.30. The summed E-state index contributed by atoms with van der Waals surface area (Å²) in [4.78, 5) is 13.7. The van der Waals surface area contributed by atoms with Gasteiger partial charge in [0.2, 0.25) is 5.91 Å². The number of carbonyl (C=O) groups excluding carboxylic acids is 1. The minimum Gasteiger partial charge on any atom is -0.358 e. The van der Waals surface area contributed by atoms with Gasteiger partial charge >= 0.3 is 0 Å². The summed E-state index contributed by atoms with van der Waals surface area (Å²) in [5.41, 5.74) is 0.517. The summed E-state index contributed by atoms with van der Waals surface area (Å²) in [5.74, 6) is -0.512. The van der Waals surface area contributed by atoms with Crippen molar-refractivity contribution in [2.45, 2.75) is 25.4 Å². The summed E-state index contributed by atoms with van der Waals surface area (Å²) in [6.45, 7) is 1.13. The third-order valence-electron chi connectivity index (χ3n) is 3.49. The lowest BCUT2D eigenvalue weighted by Gasteiger charge is -2.23. The SMILES string of the molecule is CNC(=O)C1CCCN1Cc1cccc(C#N)c1F. The van der Waals surface area contributed by atoms with Crippen LogP contribution in [0.15, 0.2) is 18.2 Å². The van der Waals surface area contributed by atoms with E-state index in [4.69, 9.17) is 5.26 Å². The highest BCUT2D eigenvalue weighted by Gasteiger charge is 2.30. The number of carbonyl (C=O) groups is 1. The van der Waals surface area contributed by atoms with Crippen LogP contribution in [0.5, 0.6) is 0 Å². The lowest BCUT2D eigenvalue weighted by atomic mass is 10.1. The molecule has 1 fully saturated rings. The molecule has 19 heavy (non-hydrogen) atoms. The smallest absolute Gasteiger partial charge is 0.237 e. The number of nitrogens with one attached hydrogen (secondary N) is 1. The van der Waals surface area contributed by atoms with E-state index < -0.39 is 5.82 Å². The fourth-order valence-corrected chi connectivity index (χ4v) is 2.49. The number of amides is 1. The molecule has 1 N–H and O–H groups in total. The second-order valence-corrected chi connectivity index (χ2v) is 4.63. The average Bonchev–Trinajstić information content (AvgIpc) is 2.88. The second-order valence-electron chi connectivity index (χ2n) is 4.63. The fourth-order valence-electron chi connectivity index (χ4n) is 2.49. The van der Waals surface area contributed by atoms with Crippen LogP contribution in [0.25, 0.3) is 0 Å². The van der Waals surface area contributed by atoms with Crippen LogP contribution in [-0.4, -0.2) is 30.4 Å². The Bertz CT molecular complexity index is 524. The number of hydrogen-bond donors (Lipinski definition) is 1. The van der Waals surface area contributed by atoms with Crippen LogP contribution < -0.4 is 5.32 Å². The molecular weight excluding hydrogens is 245 g/mol. The fraction of sp³-hybridized carbons (Fsp3) is 0.429. The van der Waals surface area contributed by atoms with Crippen LogP contribution in [0.3, 0.4) is 0 Å². The lowest BCUT2D eigenvalue weighted by Crippen LogP contribution is -2.41. The van der Waals surface area contributed by atoms with Crippen molar-refractivity contribution >= 4 is 5.91 Å². The minimum atomic E-state index is -0.479. The predicted molar refractivity (Wildman–Crippen MR) is 68.6 cm³/mol. The van der Waals surface area contributed by atoms with Crippen LogP contribution in [0.2, 0.25) is 0 Å². The Hall–Kier alpha value is -1.93. The van der Waals surface area contributed by atoms with Gasteiger partial charge in [-0.3, -0.25) is 9.69 Å². The van der Waals surface area contributed by atoms with Crippen LogP contribution in [-0.2, 0) is 11.3 Å².